The van der Waals surface area contributed by atoms with Crippen molar-refractivity contribution in [3.05, 3.63) is 53.6 Å². The molecule has 7 heteroatoms. The zero-order chi connectivity index (χ0) is 23.8. The highest BCUT2D eigenvalue weighted by Gasteiger charge is 2.29. The number of hydrogen-bond acceptors (Lipinski definition) is 5. The Morgan fingerprint density at radius 1 is 1.06 bits per heavy atom. The molecule has 2 atom stereocenters. The van der Waals surface area contributed by atoms with Crippen molar-refractivity contribution in [3.8, 4) is 17.2 Å². The maximum absolute atomic E-state index is 13.4. The fourth-order valence-corrected chi connectivity index (χ4v) is 3.82. The van der Waals surface area contributed by atoms with Crippen LogP contribution in [0.2, 0.25) is 0 Å². The van der Waals surface area contributed by atoms with Gasteiger partial charge in [0.25, 0.3) is 0 Å². The quantitative estimate of drug-likeness (QED) is 0.554. The van der Waals surface area contributed by atoms with Crippen molar-refractivity contribution >= 4 is 11.8 Å². The highest BCUT2D eigenvalue weighted by atomic mass is 16.7. The molecule has 7 nitrogen and oxygen atoms in total. The number of aryl methyl sites for hydroxylation is 1. The summed E-state index contributed by atoms with van der Waals surface area (Å²) in [6.07, 6.45) is 2.20. The molecule has 0 fully saturated rings. The van der Waals surface area contributed by atoms with Gasteiger partial charge in [-0.2, -0.15) is 0 Å². The van der Waals surface area contributed by atoms with Gasteiger partial charge in [0.05, 0.1) is 7.11 Å². The van der Waals surface area contributed by atoms with E-state index >= 15 is 0 Å². The lowest BCUT2D eigenvalue weighted by Gasteiger charge is -2.31. The summed E-state index contributed by atoms with van der Waals surface area (Å²) in [6, 6.07) is 12.8. The van der Waals surface area contributed by atoms with Gasteiger partial charge in [-0.1, -0.05) is 32.0 Å². The molecule has 2 aromatic carbocycles. The van der Waals surface area contributed by atoms with Crippen LogP contribution in [0, 0.1) is 0 Å². The van der Waals surface area contributed by atoms with Gasteiger partial charge < -0.3 is 24.4 Å². The molecule has 0 saturated heterocycles. The third kappa shape index (κ3) is 6.40. The third-order valence-corrected chi connectivity index (χ3v) is 5.94. The van der Waals surface area contributed by atoms with Crippen molar-refractivity contribution in [2.24, 2.45) is 0 Å². The van der Waals surface area contributed by atoms with E-state index < -0.39 is 6.04 Å². The molecule has 0 radical (unpaired) electrons. The average molecular weight is 455 g/mol. The number of fused-ring (bicyclic) bond motifs is 1. The molecule has 178 valence electrons. The molecule has 0 aromatic heterocycles. The Labute approximate surface area is 196 Å². The van der Waals surface area contributed by atoms with E-state index in [1.54, 1.807) is 12.0 Å². The molecule has 1 aliphatic heterocycles. The lowest BCUT2D eigenvalue weighted by Crippen LogP contribution is -2.50. The Bertz CT molecular complexity index is 961. The van der Waals surface area contributed by atoms with Crippen molar-refractivity contribution in [2.75, 3.05) is 13.9 Å². The number of methoxy groups -OCH3 is 1. The number of nitrogens with zero attached hydrogens (tertiary/aromatic N) is 1. The van der Waals surface area contributed by atoms with Crippen LogP contribution in [0.4, 0.5) is 0 Å². The number of ether oxygens (including phenoxy) is 3. The standard InChI is InChI=1S/C26H34N2O5/c1-5-18(3)27-26(30)22(6-2)28(16-20-8-7-9-21(14-20)31-4)25(29)13-11-19-10-12-23-24(15-19)33-17-32-23/h7-10,12,14-15,18,22H,5-6,11,13,16-17H2,1-4H3,(H,27,30)/t18-,22+/m0/s1. The van der Waals surface area contributed by atoms with Crippen LogP contribution in [0.1, 0.15) is 51.2 Å². The number of carbonyl (C=O) groups excluding carboxylic acids is 2. The van der Waals surface area contributed by atoms with Crippen LogP contribution in [0.5, 0.6) is 17.2 Å². The summed E-state index contributed by atoms with van der Waals surface area (Å²) in [5.41, 5.74) is 1.91. The summed E-state index contributed by atoms with van der Waals surface area (Å²) < 4.78 is 16.1. The van der Waals surface area contributed by atoms with E-state index in [1.165, 1.54) is 0 Å². The highest BCUT2D eigenvalue weighted by molar-refractivity contribution is 5.88. The highest BCUT2D eigenvalue weighted by Crippen LogP contribution is 2.33. The molecule has 2 amide bonds. The van der Waals surface area contributed by atoms with Gasteiger partial charge in [0, 0.05) is 19.0 Å². The first-order valence-electron chi connectivity index (χ1n) is 11.6. The summed E-state index contributed by atoms with van der Waals surface area (Å²) in [6.45, 7) is 6.48. The molecule has 1 aliphatic rings. The Hall–Kier alpha value is -3.22. The van der Waals surface area contributed by atoms with Crippen LogP contribution in [-0.2, 0) is 22.6 Å². The van der Waals surface area contributed by atoms with Gasteiger partial charge in [-0.3, -0.25) is 9.59 Å². The van der Waals surface area contributed by atoms with E-state index in [4.69, 9.17) is 14.2 Å². The second kappa shape index (κ2) is 11.6. The van der Waals surface area contributed by atoms with Gasteiger partial charge in [0.1, 0.15) is 11.8 Å². The Morgan fingerprint density at radius 2 is 1.85 bits per heavy atom. The molecule has 0 bridgehead atoms. The van der Waals surface area contributed by atoms with E-state index in [-0.39, 0.29) is 31.1 Å². The first kappa shape index (κ1) is 24.4. The predicted octanol–water partition coefficient (Wildman–Crippen LogP) is 4.08. The fourth-order valence-electron chi connectivity index (χ4n) is 3.82. The summed E-state index contributed by atoms with van der Waals surface area (Å²) >= 11 is 0. The van der Waals surface area contributed by atoms with E-state index in [1.807, 2.05) is 63.2 Å². The largest absolute Gasteiger partial charge is 0.497 e. The second-order valence-corrected chi connectivity index (χ2v) is 8.30. The summed E-state index contributed by atoms with van der Waals surface area (Å²) in [7, 11) is 1.61. The van der Waals surface area contributed by atoms with E-state index in [0.29, 0.717) is 25.1 Å². The van der Waals surface area contributed by atoms with E-state index in [2.05, 4.69) is 5.32 Å². The van der Waals surface area contributed by atoms with E-state index in [0.717, 1.165) is 29.0 Å². The smallest absolute Gasteiger partial charge is 0.243 e. The van der Waals surface area contributed by atoms with Crippen molar-refractivity contribution in [1.29, 1.82) is 0 Å². The number of nitrogens with one attached hydrogen (secondary N) is 1. The molecular formula is C26H34N2O5. The Morgan fingerprint density at radius 3 is 2.58 bits per heavy atom. The van der Waals surface area contributed by atoms with Crippen LogP contribution < -0.4 is 19.5 Å². The van der Waals surface area contributed by atoms with Crippen molar-refractivity contribution in [2.45, 2.75) is 65.1 Å². The Balaban J connectivity index is 1.77. The molecule has 33 heavy (non-hydrogen) atoms. The molecular weight excluding hydrogens is 420 g/mol. The summed E-state index contributed by atoms with van der Waals surface area (Å²) in [5, 5.41) is 3.04. The monoisotopic (exact) mass is 454 g/mol. The Kier molecular flexibility index (Phi) is 8.58. The van der Waals surface area contributed by atoms with Gasteiger partial charge in [0.15, 0.2) is 11.5 Å². The first-order valence-corrected chi connectivity index (χ1v) is 11.6. The molecule has 0 aliphatic carbocycles. The lowest BCUT2D eigenvalue weighted by molar-refractivity contribution is -0.141. The van der Waals surface area contributed by atoms with Crippen LogP contribution in [-0.4, -0.2) is 42.7 Å². The van der Waals surface area contributed by atoms with Crippen LogP contribution >= 0.6 is 0 Å². The van der Waals surface area contributed by atoms with Gasteiger partial charge in [-0.25, -0.2) is 0 Å². The summed E-state index contributed by atoms with van der Waals surface area (Å²) in [4.78, 5) is 28.2. The van der Waals surface area contributed by atoms with Gasteiger partial charge in [0.2, 0.25) is 18.6 Å². The SMILES string of the molecule is CC[C@H](C(=O)N[C@@H](C)CC)N(Cc1cccc(OC)c1)C(=O)CCc1ccc2c(c1)OCO2. The van der Waals surface area contributed by atoms with E-state index in [9.17, 15) is 9.59 Å². The molecule has 2 aromatic rings. The minimum Gasteiger partial charge on any atom is -0.497 e. The van der Waals surface area contributed by atoms with Crippen LogP contribution in [0.25, 0.3) is 0 Å². The topological polar surface area (TPSA) is 77.1 Å². The van der Waals surface area contributed by atoms with Gasteiger partial charge in [-0.05, 0) is 61.6 Å². The second-order valence-electron chi connectivity index (χ2n) is 8.30. The number of amides is 2. The van der Waals surface area contributed by atoms with Gasteiger partial charge in [-0.15, -0.1) is 0 Å². The zero-order valence-electron chi connectivity index (χ0n) is 19.9. The summed E-state index contributed by atoms with van der Waals surface area (Å²) in [5.74, 6) is 1.95. The lowest BCUT2D eigenvalue weighted by atomic mass is 10.1. The minimum absolute atomic E-state index is 0.0500. The number of hydrogen-bond donors (Lipinski definition) is 1. The predicted molar refractivity (Wildman–Crippen MR) is 126 cm³/mol. The van der Waals surface area contributed by atoms with Crippen molar-refractivity contribution in [3.63, 3.8) is 0 Å². The molecule has 0 saturated carbocycles. The molecule has 0 spiro atoms. The number of benzene rings is 2. The number of carbonyl (C=O) groups is 2. The maximum Gasteiger partial charge on any atom is 0.243 e. The molecule has 0 unspecified atom stereocenters. The average Bonchev–Trinajstić information content (AvgIpc) is 3.30. The van der Waals surface area contributed by atoms with Crippen LogP contribution in [0.3, 0.4) is 0 Å². The fraction of sp³-hybridized carbons (Fsp3) is 0.462. The number of rotatable bonds is 11. The maximum atomic E-state index is 13.4. The van der Waals surface area contributed by atoms with Crippen molar-refractivity contribution < 1.29 is 23.8 Å². The molecule has 1 heterocycles. The minimum atomic E-state index is -0.547. The van der Waals surface area contributed by atoms with Crippen molar-refractivity contribution in [1.82, 2.24) is 10.2 Å². The first-order chi connectivity index (χ1) is 15.9. The van der Waals surface area contributed by atoms with Gasteiger partial charge >= 0.3 is 0 Å². The normalized spacial score (nSPS) is 13.8. The third-order valence-electron chi connectivity index (χ3n) is 5.94. The molecule has 1 N–H and O–H groups in total. The van der Waals surface area contributed by atoms with Crippen LogP contribution in [0.15, 0.2) is 42.5 Å². The zero-order valence-corrected chi connectivity index (χ0v) is 19.9. The molecule has 3 rings (SSSR count).